The summed E-state index contributed by atoms with van der Waals surface area (Å²) in [4.78, 5) is 0. The van der Waals surface area contributed by atoms with Crippen LogP contribution >= 0.6 is 0 Å². The molecule has 1 aliphatic rings. The fraction of sp³-hybridized carbons (Fsp3) is 0.750. The van der Waals surface area contributed by atoms with Crippen molar-refractivity contribution in [2.75, 3.05) is 13.2 Å². The molecule has 0 amide bonds. The first-order valence-corrected chi connectivity index (χ1v) is 3.88. The van der Waals surface area contributed by atoms with Crippen LogP contribution in [0.2, 0.25) is 0 Å². The largest absolute Gasteiger partial charge is 0.395 e. The number of nitrogens with two attached hydrogens (primary N) is 1. The summed E-state index contributed by atoms with van der Waals surface area (Å²) in [7, 11) is 0. The zero-order chi connectivity index (χ0) is 8.27. The zero-order valence-electron chi connectivity index (χ0n) is 6.57. The summed E-state index contributed by atoms with van der Waals surface area (Å²) in [5.74, 6) is 0.515. The van der Waals surface area contributed by atoms with E-state index in [4.69, 9.17) is 15.6 Å². The average Bonchev–Trinajstić information content (AvgIpc) is 2.78. The van der Waals surface area contributed by atoms with Crippen LogP contribution in [0.15, 0.2) is 12.7 Å². The Hall–Kier alpha value is -0.380. The van der Waals surface area contributed by atoms with Crippen molar-refractivity contribution in [1.29, 1.82) is 0 Å². The maximum absolute atomic E-state index is 8.57. The molecule has 0 aromatic heterocycles. The third kappa shape index (κ3) is 2.61. The monoisotopic (exact) mass is 157 g/mol. The molecule has 0 aliphatic heterocycles. The van der Waals surface area contributed by atoms with Gasteiger partial charge in [0.05, 0.1) is 25.4 Å². The zero-order valence-corrected chi connectivity index (χ0v) is 6.57. The Morgan fingerprint density at radius 3 is 3.00 bits per heavy atom. The van der Waals surface area contributed by atoms with Gasteiger partial charge in [0.2, 0.25) is 0 Å². The quantitative estimate of drug-likeness (QED) is 0.548. The second-order valence-electron chi connectivity index (χ2n) is 2.95. The second kappa shape index (κ2) is 3.85. The lowest BCUT2D eigenvalue weighted by molar-refractivity contribution is 0.0841. The molecule has 0 saturated heterocycles. The van der Waals surface area contributed by atoms with E-state index in [1.165, 1.54) is 0 Å². The van der Waals surface area contributed by atoms with E-state index in [-0.39, 0.29) is 12.6 Å². The highest BCUT2D eigenvalue weighted by molar-refractivity contribution is 4.99. The Labute approximate surface area is 66.8 Å². The molecule has 3 N–H and O–H groups in total. The van der Waals surface area contributed by atoms with Crippen molar-refractivity contribution in [3.05, 3.63) is 12.7 Å². The van der Waals surface area contributed by atoms with Crippen LogP contribution < -0.4 is 5.73 Å². The van der Waals surface area contributed by atoms with Crippen LogP contribution in [-0.2, 0) is 4.74 Å². The first-order chi connectivity index (χ1) is 5.27. The molecule has 0 radical (unpaired) electrons. The van der Waals surface area contributed by atoms with Gasteiger partial charge in [0.25, 0.3) is 0 Å². The molecule has 0 aromatic rings. The van der Waals surface area contributed by atoms with Crippen molar-refractivity contribution < 1.29 is 9.84 Å². The molecule has 1 aliphatic carbocycles. The minimum absolute atomic E-state index is 0.00846. The molecule has 1 unspecified atom stereocenters. The number of aliphatic hydroxyl groups is 1. The lowest BCUT2D eigenvalue weighted by atomic mass is 10.4. The average molecular weight is 157 g/mol. The van der Waals surface area contributed by atoms with E-state index in [1.807, 2.05) is 6.08 Å². The first kappa shape index (κ1) is 8.71. The normalized spacial score (nSPS) is 31.5. The Kier molecular flexibility index (Phi) is 3.05. The lowest BCUT2D eigenvalue weighted by Crippen LogP contribution is -2.30. The molecule has 0 aromatic carbocycles. The van der Waals surface area contributed by atoms with Crippen molar-refractivity contribution in [3.63, 3.8) is 0 Å². The fourth-order valence-electron chi connectivity index (χ4n) is 0.929. The highest BCUT2D eigenvalue weighted by Gasteiger charge is 2.35. The first-order valence-electron chi connectivity index (χ1n) is 3.88. The van der Waals surface area contributed by atoms with Crippen LogP contribution in [0.1, 0.15) is 6.42 Å². The van der Waals surface area contributed by atoms with E-state index >= 15 is 0 Å². The molecular weight excluding hydrogens is 142 g/mol. The summed E-state index contributed by atoms with van der Waals surface area (Å²) in [6.07, 6.45) is 3.27. The van der Waals surface area contributed by atoms with Gasteiger partial charge in [-0.2, -0.15) is 0 Å². The standard InChI is InChI=1S/C8H15NO2/c1-2-6-3-8(6)11-5-7(9)4-10/h2,6-8,10H,1,3-5,9H2/t6-,7?,8-/m0/s1. The predicted octanol–water partition coefficient (Wildman–Crippen LogP) is -0.103. The highest BCUT2D eigenvalue weighted by atomic mass is 16.5. The maximum atomic E-state index is 8.57. The molecule has 64 valence electrons. The molecular formula is C8H15NO2. The number of aliphatic hydroxyl groups excluding tert-OH is 1. The smallest absolute Gasteiger partial charge is 0.0645 e. The summed E-state index contributed by atoms with van der Waals surface area (Å²) in [5, 5.41) is 8.57. The van der Waals surface area contributed by atoms with Crippen LogP contribution in [0.3, 0.4) is 0 Å². The summed E-state index contributed by atoms with van der Waals surface area (Å²) < 4.78 is 5.35. The number of rotatable bonds is 5. The summed E-state index contributed by atoms with van der Waals surface area (Å²) in [6.45, 7) is 4.10. The van der Waals surface area contributed by atoms with Gasteiger partial charge in [-0.15, -0.1) is 6.58 Å². The highest BCUT2D eigenvalue weighted by Crippen LogP contribution is 2.34. The van der Waals surface area contributed by atoms with E-state index in [0.29, 0.717) is 18.6 Å². The van der Waals surface area contributed by atoms with Gasteiger partial charge >= 0.3 is 0 Å². The molecule has 0 bridgehead atoms. The number of ether oxygens (including phenoxy) is 1. The maximum Gasteiger partial charge on any atom is 0.0645 e. The molecule has 3 nitrogen and oxygen atoms in total. The Morgan fingerprint density at radius 2 is 2.55 bits per heavy atom. The van der Waals surface area contributed by atoms with Crippen molar-refractivity contribution in [1.82, 2.24) is 0 Å². The number of hydrogen-bond acceptors (Lipinski definition) is 3. The molecule has 1 rings (SSSR count). The molecule has 0 heterocycles. The van der Waals surface area contributed by atoms with Gasteiger partial charge in [-0.05, 0) is 6.42 Å². The topological polar surface area (TPSA) is 55.5 Å². The molecule has 1 fully saturated rings. The van der Waals surface area contributed by atoms with Gasteiger partial charge in [0.15, 0.2) is 0 Å². The number of hydrogen-bond donors (Lipinski definition) is 2. The van der Waals surface area contributed by atoms with Gasteiger partial charge < -0.3 is 15.6 Å². The summed E-state index contributed by atoms with van der Waals surface area (Å²) in [6, 6.07) is -0.235. The third-order valence-corrected chi connectivity index (χ3v) is 1.84. The van der Waals surface area contributed by atoms with Crippen molar-refractivity contribution in [3.8, 4) is 0 Å². The Bertz CT molecular complexity index is 138. The summed E-state index contributed by atoms with van der Waals surface area (Å²) in [5.41, 5.74) is 5.44. The minimum Gasteiger partial charge on any atom is -0.395 e. The van der Waals surface area contributed by atoms with Crippen LogP contribution in [-0.4, -0.2) is 30.5 Å². The van der Waals surface area contributed by atoms with E-state index < -0.39 is 0 Å². The van der Waals surface area contributed by atoms with E-state index in [0.717, 1.165) is 6.42 Å². The van der Waals surface area contributed by atoms with Crippen molar-refractivity contribution in [2.24, 2.45) is 11.7 Å². The van der Waals surface area contributed by atoms with Gasteiger partial charge in [0, 0.05) is 5.92 Å². The van der Waals surface area contributed by atoms with Crippen LogP contribution in [0, 0.1) is 5.92 Å². The van der Waals surface area contributed by atoms with E-state index in [9.17, 15) is 0 Å². The Morgan fingerprint density at radius 1 is 1.82 bits per heavy atom. The van der Waals surface area contributed by atoms with Gasteiger partial charge in [-0.3, -0.25) is 0 Å². The minimum atomic E-state index is -0.235. The third-order valence-electron chi connectivity index (χ3n) is 1.84. The molecule has 0 spiro atoms. The van der Waals surface area contributed by atoms with Crippen molar-refractivity contribution >= 4 is 0 Å². The van der Waals surface area contributed by atoms with Gasteiger partial charge in [-0.1, -0.05) is 6.08 Å². The molecule has 1 saturated carbocycles. The van der Waals surface area contributed by atoms with Crippen LogP contribution in [0.5, 0.6) is 0 Å². The van der Waals surface area contributed by atoms with Gasteiger partial charge in [-0.25, -0.2) is 0 Å². The van der Waals surface area contributed by atoms with Crippen LogP contribution in [0.4, 0.5) is 0 Å². The SMILES string of the molecule is C=C[C@H]1C[C@@H]1OCC(N)CO. The predicted molar refractivity (Wildman–Crippen MR) is 43.1 cm³/mol. The second-order valence-corrected chi connectivity index (χ2v) is 2.95. The molecule has 11 heavy (non-hydrogen) atoms. The lowest BCUT2D eigenvalue weighted by Gasteiger charge is -2.07. The van der Waals surface area contributed by atoms with Crippen LogP contribution in [0.25, 0.3) is 0 Å². The van der Waals surface area contributed by atoms with E-state index in [2.05, 4.69) is 6.58 Å². The fourth-order valence-corrected chi connectivity index (χ4v) is 0.929. The van der Waals surface area contributed by atoms with E-state index in [1.54, 1.807) is 0 Å². The molecule has 3 heteroatoms. The molecule has 3 atom stereocenters. The summed E-state index contributed by atoms with van der Waals surface area (Å²) >= 11 is 0. The Balaban J connectivity index is 2.01. The van der Waals surface area contributed by atoms with Gasteiger partial charge in [0.1, 0.15) is 0 Å². The van der Waals surface area contributed by atoms with Crippen molar-refractivity contribution in [2.45, 2.75) is 18.6 Å².